The predicted molar refractivity (Wildman–Crippen MR) is 75.2 cm³/mol. The second-order valence-electron chi connectivity index (χ2n) is 4.40. The first-order chi connectivity index (χ1) is 9.26. The zero-order valence-corrected chi connectivity index (χ0v) is 11.0. The Hall–Kier alpha value is -2.36. The van der Waals surface area contributed by atoms with Crippen LogP contribution in [-0.4, -0.2) is 21.6 Å². The van der Waals surface area contributed by atoms with Gasteiger partial charge in [-0.15, -0.1) is 0 Å². The molecule has 0 aliphatic carbocycles. The second kappa shape index (κ2) is 4.72. The van der Waals surface area contributed by atoms with Crippen molar-refractivity contribution in [2.45, 2.75) is 13.8 Å². The summed E-state index contributed by atoms with van der Waals surface area (Å²) in [6.07, 6.45) is 1.88. The van der Waals surface area contributed by atoms with Gasteiger partial charge in [-0.25, -0.2) is 0 Å². The maximum Gasteiger partial charge on any atom is 0.294 e. The zero-order chi connectivity index (χ0) is 13.2. The van der Waals surface area contributed by atoms with Gasteiger partial charge >= 0.3 is 0 Å². The van der Waals surface area contributed by atoms with Gasteiger partial charge in [0.1, 0.15) is 0 Å². The summed E-state index contributed by atoms with van der Waals surface area (Å²) in [6, 6.07) is 10.8. The first kappa shape index (κ1) is 11.7. The van der Waals surface area contributed by atoms with Crippen LogP contribution in [0.1, 0.15) is 12.6 Å². The second-order valence-corrected chi connectivity index (χ2v) is 4.40. The van der Waals surface area contributed by atoms with Gasteiger partial charge in [0.2, 0.25) is 0 Å². The van der Waals surface area contributed by atoms with E-state index >= 15 is 0 Å². The maximum absolute atomic E-state index is 5.37. The fourth-order valence-electron chi connectivity index (χ4n) is 2.01. The third kappa shape index (κ3) is 2.29. The number of pyridine rings is 1. The molecule has 0 atom stereocenters. The number of hydrogen-bond donors (Lipinski definition) is 1. The number of imidazole rings is 1. The summed E-state index contributed by atoms with van der Waals surface area (Å²) in [7, 11) is 0. The highest BCUT2D eigenvalue weighted by atomic mass is 16.5. The Kier molecular flexibility index (Phi) is 2.91. The molecule has 4 heteroatoms. The predicted octanol–water partition coefficient (Wildman–Crippen LogP) is 3.33. The molecular formula is C15H15N3O. The summed E-state index contributed by atoms with van der Waals surface area (Å²) in [5.41, 5.74) is 5.10. The molecule has 0 saturated carbocycles. The molecule has 0 unspecified atom stereocenters. The SMILES string of the molecule is CCOc1nc2cc(-c3ccc(C)nc3)ccc2[nH]1. The average molecular weight is 253 g/mol. The van der Waals surface area contributed by atoms with E-state index in [1.54, 1.807) is 0 Å². The third-order valence-corrected chi connectivity index (χ3v) is 2.99. The molecule has 0 bridgehead atoms. The van der Waals surface area contributed by atoms with Crippen molar-refractivity contribution in [1.29, 1.82) is 0 Å². The van der Waals surface area contributed by atoms with E-state index in [0.717, 1.165) is 27.9 Å². The largest absolute Gasteiger partial charge is 0.465 e. The van der Waals surface area contributed by atoms with Gasteiger partial charge in [0.15, 0.2) is 0 Å². The number of aryl methyl sites for hydroxylation is 1. The summed E-state index contributed by atoms with van der Waals surface area (Å²) >= 11 is 0. The van der Waals surface area contributed by atoms with Gasteiger partial charge in [0, 0.05) is 17.5 Å². The van der Waals surface area contributed by atoms with Crippen LogP contribution in [0.25, 0.3) is 22.2 Å². The van der Waals surface area contributed by atoms with E-state index in [1.807, 2.05) is 38.2 Å². The van der Waals surface area contributed by atoms with Gasteiger partial charge in [-0.3, -0.25) is 4.98 Å². The van der Waals surface area contributed by atoms with E-state index in [1.165, 1.54) is 0 Å². The molecule has 3 aromatic rings. The lowest BCUT2D eigenvalue weighted by atomic mass is 10.1. The minimum atomic E-state index is 0.566. The highest BCUT2D eigenvalue weighted by Gasteiger charge is 2.05. The molecule has 0 fully saturated rings. The molecule has 0 aliphatic heterocycles. The number of rotatable bonds is 3. The first-order valence-corrected chi connectivity index (χ1v) is 6.32. The quantitative estimate of drug-likeness (QED) is 0.779. The van der Waals surface area contributed by atoms with Crippen molar-refractivity contribution in [3.63, 3.8) is 0 Å². The van der Waals surface area contributed by atoms with Crippen LogP contribution in [0, 0.1) is 6.92 Å². The van der Waals surface area contributed by atoms with Crippen molar-refractivity contribution in [3.05, 3.63) is 42.2 Å². The Balaban J connectivity index is 2.03. The molecule has 19 heavy (non-hydrogen) atoms. The highest BCUT2D eigenvalue weighted by Crippen LogP contribution is 2.24. The molecule has 0 saturated heterocycles. The van der Waals surface area contributed by atoms with Crippen LogP contribution >= 0.6 is 0 Å². The summed E-state index contributed by atoms with van der Waals surface area (Å²) < 4.78 is 5.37. The summed E-state index contributed by atoms with van der Waals surface area (Å²) in [5.74, 6) is 0. The molecule has 2 heterocycles. The van der Waals surface area contributed by atoms with Crippen molar-refractivity contribution < 1.29 is 4.74 Å². The van der Waals surface area contributed by atoms with Crippen molar-refractivity contribution >= 4 is 11.0 Å². The number of H-pyrrole nitrogens is 1. The molecule has 0 aliphatic rings. The van der Waals surface area contributed by atoms with Gasteiger partial charge in [-0.05, 0) is 37.6 Å². The molecule has 96 valence electrons. The highest BCUT2D eigenvalue weighted by molar-refractivity contribution is 5.82. The van der Waals surface area contributed by atoms with Crippen LogP contribution in [0.3, 0.4) is 0 Å². The van der Waals surface area contributed by atoms with Crippen LogP contribution in [0.2, 0.25) is 0 Å². The van der Waals surface area contributed by atoms with E-state index in [0.29, 0.717) is 12.6 Å². The van der Waals surface area contributed by atoms with Crippen LogP contribution < -0.4 is 4.74 Å². The number of benzene rings is 1. The van der Waals surface area contributed by atoms with Gasteiger partial charge < -0.3 is 9.72 Å². The Labute approximate surface area is 111 Å². The Bertz CT molecular complexity index is 701. The molecule has 0 amide bonds. The monoisotopic (exact) mass is 253 g/mol. The molecule has 1 aromatic carbocycles. The molecule has 0 radical (unpaired) electrons. The Morgan fingerprint density at radius 3 is 2.74 bits per heavy atom. The van der Waals surface area contributed by atoms with E-state index < -0.39 is 0 Å². The van der Waals surface area contributed by atoms with Gasteiger partial charge in [0.05, 0.1) is 17.6 Å². The smallest absolute Gasteiger partial charge is 0.294 e. The number of ether oxygens (including phenoxy) is 1. The lowest BCUT2D eigenvalue weighted by Gasteiger charge is -2.01. The fraction of sp³-hybridized carbons (Fsp3) is 0.200. The molecular weight excluding hydrogens is 238 g/mol. The number of aromatic amines is 1. The number of nitrogens with zero attached hydrogens (tertiary/aromatic N) is 2. The Morgan fingerprint density at radius 2 is 2.00 bits per heavy atom. The Morgan fingerprint density at radius 1 is 1.16 bits per heavy atom. The standard InChI is InChI=1S/C15H15N3O/c1-3-19-15-17-13-7-6-11(8-14(13)18-15)12-5-4-10(2)16-9-12/h4-9H,3H2,1-2H3,(H,17,18). The lowest BCUT2D eigenvalue weighted by molar-refractivity contribution is 0.317. The zero-order valence-electron chi connectivity index (χ0n) is 11.0. The minimum Gasteiger partial charge on any atom is -0.465 e. The molecule has 1 N–H and O–H groups in total. The number of nitrogens with one attached hydrogen (secondary N) is 1. The average Bonchev–Trinajstić information content (AvgIpc) is 2.81. The van der Waals surface area contributed by atoms with Crippen molar-refractivity contribution in [2.75, 3.05) is 6.61 Å². The van der Waals surface area contributed by atoms with Crippen molar-refractivity contribution in [1.82, 2.24) is 15.0 Å². The lowest BCUT2D eigenvalue weighted by Crippen LogP contribution is -1.92. The molecule has 2 aromatic heterocycles. The summed E-state index contributed by atoms with van der Waals surface area (Å²) in [5, 5.41) is 0. The van der Waals surface area contributed by atoms with Crippen molar-refractivity contribution in [2.24, 2.45) is 0 Å². The molecule has 0 spiro atoms. The van der Waals surface area contributed by atoms with E-state index in [9.17, 15) is 0 Å². The van der Waals surface area contributed by atoms with E-state index in [4.69, 9.17) is 4.74 Å². The normalized spacial score (nSPS) is 10.8. The first-order valence-electron chi connectivity index (χ1n) is 6.32. The van der Waals surface area contributed by atoms with Gasteiger partial charge in [0.25, 0.3) is 6.01 Å². The summed E-state index contributed by atoms with van der Waals surface area (Å²) in [4.78, 5) is 11.9. The molecule has 4 nitrogen and oxygen atoms in total. The van der Waals surface area contributed by atoms with Crippen LogP contribution in [0.5, 0.6) is 6.01 Å². The number of aromatic nitrogens is 3. The van der Waals surface area contributed by atoms with Gasteiger partial charge in [-0.1, -0.05) is 12.1 Å². The van der Waals surface area contributed by atoms with Gasteiger partial charge in [-0.2, -0.15) is 4.98 Å². The molecule has 3 rings (SSSR count). The van der Waals surface area contributed by atoms with E-state index in [2.05, 4.69) is 27.1 Å². The van der Waals surface area contributed by atoms with E-state index in [-0.39, 0.29) is 0 Å². The number of hydrogen-bond acceptors (Lipinski definition) is 3. The van der Waals surface area contributed by atoms with Crippen molar-refractivity contribution in [3.8, 4) is 17.1 Å². The van der Waals surface area contributed by atoms with Crippen LogP contribution in [-0.2, 0) is 0 Å². The van der Waals surface area contributed by atoms with Crippen LogP contribution in [0.4, 0.5) is 0 Å². The summed E-state index contributed by atoms with van der Waals surface area (Å²) in [6.45, 7) is 4.53. The minimum absolute atomic E-state index is 0.566. The number of fused-ring (bicyclic) bond motifs is 1. The third-order valence-electron chi connectivity index (χ3n) is 2.99. The van der Waals surface area contributed by atoms with Crippen LogP contribution in [0.15, 0.2) is 36.5 Å². The fourth-order valence-corrected chi connectivity index (χ4v) is 2.01. The topological polar surface area (TPSA) is 50.8 Å². The maximum atomic E-state index is 5.37.